The SMILES string of the molecule is CCNC1CCc2cc(Cl)cc(Cl)c21. The average Bonchev–Trinajstić information content (AvgIpc) is 2.49. The zero-order valence-corrected chi connectivity index (χ0v) is 9.62. The lowest BCUT2D eigenvalue weighted by Crippen LogP contribution is -2.18. The summed E-state index contributed by atoms with van der Waals surface area (Å²) in [6.07, 6.45) is 2.20. The molecule has 1 aromatic carbocycles. The summed E-state index contributed by atoms with van der Waals surface area (Å²) in [7, 11) is 0. The Morgan fingerprint density at radius 3 is 2.93 bits per heavy atom. The predicted octanol–water partition coefficient (Wildman–Crippen LogP) is 3.59. The number of hydrogen-bond acceptors (Lipinski definition) is 1. The lowest BCUT2D eigenvalue weighted by atomic mass is 10.1. The van der Waals surface area contributed by atoms with Gasteiger partial charge in [0.05, 0.1) is 0 Å². The van der Waals surface area contributed by atoms with E-state index in [1.807, 2.05) is 12.1 Å². The van der Waals surface area contributed by atoms with Crippen LogP contribution in [0.15, 0.2) is 12.1 Å². The molecule has 2 rings (SSSR count). The van der Waals surface area contributed by atoms with Gasteiger partial charge in [0, 0.05) is 16.1 Å². The maximum absolute atomic E-state index is 6.18. The number of nitrogens with one attached hydrogen (secondary N) is 1. The van der Waals surface area contributed by atoms with Gasteiger partial charge in [-0.15, -0.1) is 0 Å². The van der Waals surface area contributed by atoms with Crippen LogP contribution in [0.5, 0.6) is 0 Å². The molecule has 3 heteroatoms. The molecule has 0 bridgehead atoms. The van der Waals surface area contributed by atoms with Crippen LogP contribution in [0, 0.1) is 0 Å². The molecule has 0 aliphatic heterocycles. The molecular formula is C11H13Cl2N. The van der Waals surface area contributed by atoms with E-state index in [9.17, 15) is 0 Å². The molecule has 0 saturated carbocycles. The Morgan fingerprint density at radius 1 is 1.43 bits per heavy atom. The Kier molecular flexibility index (Phi) is 3.01. The third-order valence-electron chi connectivity index (χ3n) is 2.68. The van der Waals surface area contributed by atoms with E-state index in [1.165, 1.54) is 11.1 Å². The van der Waals surface area contributed by atoms with Crippen molar-refractivity contribution in [2.24, 2.45) is 0 Å². The van der Waals surface area contributed by atoms with E-state index in [2.05, 4.69) is 12.2 Å². The van der Waals surface area contributed by atoms with Gasteiger partial charge in [0.1, 0.15) is 0 Å². The molecule has 1 nitrogen and oxygen atoms in total. The van der Waals surface area contributed by atoms with Crippen LogP contribution < -0.4 is 5.32 Å². The molecule has 1 unspecified atom stereocenters. The van der Waals surface area contributed by atoms with Crippen LogP contribution in [0.1, 0.15) is 30.5 Å². The van der Waals surface area contributed by atoms with E-state index in [-0.39, 0.29) is 0 Å². The first-order valence-corrected chi connectivity index (χ1v) is 5.69. The molecule has 0 fully saturated rings. The van der Waals surface area contributed by atoms with E-state index in [0.29, 0.717) is 6.04 Å². The Labute approximate surface area is 94.4 Å². The molecule has 0 amide bonds. The number of benzene rings is 1. The van der Waals surface area contributed by atoms with E-state index < -0.39 is 0 Å². The third-order valence-corrected chi connectivity index (χ3v) is 3.21. The van der Waals surface area contributed by atoms with Crippen molar-refractivity contribution in [2.45, 2.75) is 25.8 Å². The van der Waals surface area contributed by atoms with Crippen LogP contribution in [0.4, 0.5) is 0 Å². The van der Waals surface area contributed by atoms with E-state index in [0.717, 1.165) is 29.4 Å². The molecule has 1 aliphatic carbocycles. The van der Waals surface area contributed by atoms with Crippen molar-refractivity contribution in [3.63, 3.8) is 0 Å². The fourth-order valence-electron chi connectivity index (χ4n) is 2.13. The van der Waals surface area contributed by atoms with Crippen molar-refractivity contribution in [1.29, 1.82) is 0 Å². The van der Waals surface area contributed by atoms with Crippen molar-refractivity contribution in [1.82, 2.24) is 5.32 Å². The highest BCUT2D eigenvalue weighted by atomic mass is 35.5. The lowest BCUT2D eigenvalue weighted by molar-refractivity contribution is 0.549. The number of fused-ring (bicyclic) bond motifs is 1. The minimum atomic E-state index is 0.416. The molecule has 14 heavy (non-hydrogen) atoms. The maximum atomic E-state index is 6.18. The molecule has 1 N–H and O–H groups in total. The molecule has 76 valence electrons. The Balaban J connectivity index is 2.39. The summed E-state index contributed by atoms with van der Waals surface area (Å²) in [6, 6.07) is 4.28. The van der Waals surface area contributed by atoms with Crippen molar-refractivity contribution < 1.29 is 0 Å². The van der Waals surface area contributed by atoms with Gasteiger partial charge in [0.25, 0.3) is 0 Å². The zero-order valence-electron chi connectivity index (χ0n) is 8.11. The summed E-state index contributed by atoms with van der Waals surface area (Å²) in [4.78, 5) is 0. The van der Waals surface area contributed by atoms with Crippen LogP contribution >= 0.6 is 23.2 Å². The Bertz CT molecular complexity index is 349. The van der Waals surface area contributed by atoms with E-state index >= 15 is 0 Å². The second kappa shape index (κ2) is 4.09. The number of rotatable bonds is 2. The fourth-order valence-corrected chi connectivity index (χ4v) is 2.80. The number of hydrogen-bond donors (Lipinski definition) is 1. The van der Waals surface area contributed by atoms with Gasteiger partial charge in [0.15, 0.2) is 0 Å². The first-order valence-electron chi connectivity index (χ1n) is 4.93. The Hall–Kier alpha value is -0.240. The van der Waals surface area contributed by atoms with Gasteiger partial charge >= 0.3 is 0 Å². The molecule has 0 aromatic heterocycles. The highest BCUT2D eigenvalue weighted by molar-refractivity contribution is 6.35. The summed E-state index contributed by atoms with van der Waals surface area (Å²) in [5.74, 6) is 0. The Morgan fingerprint density at radius 2 is 2.21 bits per heavy atom. The fraction of sp³-hybridized carbons (Fsp3) is 0.455. The van der Waals surface area contributed by atoms with Crippen LogP contribution in [0.25, 0.3) is 0 Å². The van der Waals surface area contributed by atoms with Gasteiger partial charge in [-0.2, -0.15) is 0 Å². The standard InChI is InChI=1S/C11H13Cl2N/c1-2-14-10-4-3-7-5-8(12)6-9(13)11(7)10/h5-6,10,14H,2-4H2,1H3. The normalized spacial score (nSPS) is 19.8. The quantitative estimate of drug-likeness (QED) is 0.818. The molecule has 0 saturated heterocycles. The monoisotopic (exact) mass is 229 g/mol. The van der Waals surface area contributed by atoms with E-state index in [1.54, 1.807) is 0 Å². The molecule has 1 atom stereocenters. The third kappa shape index (κ3) is 1.77. The molecule has 0 heterocycles. The topological polar surface area (TPSA) is 12.0 Å². The van der Waals surface area contributed by atoms with Gasteiger partial charge in [-0.1, -0.05) is 30.1 Å². The highest BCUT2D eigenvalue weighted by Gasteiger charge is 2.24. The smallest absolute Gasteiger partial charge is 0.0471 e. The first kappa shape index (κ1) is 10.3. The minimum Gasteiger partial charge on any atom is -0.310 e. The summed E-state index contributed by atoms with van der Waals surface area (Å²) in [6.45, 7) is 3.09. The van der Waals surface area contributed by atoms with Crippen molar-refractivity contribution in [3.05, 3.63) is 33.3 Å². The predicted molar refractivity (Wildman–Crippen MR) is 61.2 cm³/mol. The lowest BCUT2D eigenvalue weighted by Gasteiger charge is -2.13. The second-order valence-corrected chi connectivity index (χ2v) is 4.45. The summed E-state index contributed by atoms with van der Waals surface area (Å²) in [5, 5.41) is 4.98. The first-order chi connectivity index (χ1) is 6.72. The van der Waals surface area contributed by atoms with Crippen LogP contribution in [-0.4, -0.2) is 6.54 Å². The summed E-state index contributed by atoms with van der Waals surface area (Å²) < 4.78 is 0. The van der Waals surface area contributed by atoms with Crippen molar-refractivity contribution >= 4 is 23.2 Å². The summed E-state index contributed by atoms with van der Waals surface area (Å²) >= 11 is 12.1. The largest absolute Gasteiger partial charge is 0.310 e. The molecule has 1 aromatic rings. The second-order valence-electron chi connectivity index (χ2n) is 3.61. The minimum absolute atomic E-state index is 0.416. The van der Waals surface area contributed by atoms with E-state index in [4.69, 9.17) is 23.2 Å². The zero-order chi connectivity index (χ0) is 10.1. The van der Waals surface area contributed by atoms with Gasteiger partial charge < -0.3 is 5.32 Å². The van der Waals surface area contributed by atoms with Crippen LogP contribution in [0.3, 0.4) is 0 Å². The highest BCUT2D eigenvalue weighted by Crippen LogP contribution is 2.38. The van der Waals surface area contributed by atoms with Gasteiger partial charge in [-0.05, 0) is 42.6 Å². The number of halogens is 2. The van der Waals surface area contributed by atoms with Gasteiger partial charge in [-0.25, -0.2) is 0 Å². The average molecular weight is 230 g/mol. The van der Waals surface area contributed by atoms with Gasteiger partial charge in [0.2, 0.25) is 0 Å². The maximum Gasteiger partial charge on any atom is 0.0471 e. The molecular weight excluding hydrogens is 217 g/mol. The molecule has 0 spiro atoms. The molecule has 1 aliphatic rings. The van der Waals surface area contributed by atoms with Crippen molar-refractivity contribution in [2.75, 3.05) is 6.54 Å². The van der Waals surface area contributed by atoms with Gasteiger partial charge in [-0.3, -0.25) is 0 Å². The summed E-state index contributed by atoms with van der Waals surface area (Å²) in [5.41, 5.74) is 2.55. The van der Waals surface area contributed by atoms with Crippen LogP contribution in [0.2, 0.25) is 10.0 Å². The number of aryl methyl sites for hydroxylation is 1. The van der Waals surface area contributed by atoms with Crippen molar-refractivity contribution in [3.8, 4) is 0 Å². The van der Waals surface area contributed by atoms with Crippen LogP contribution in [-0.2, 0) is 6.42 Å². The molecule has 0 radical (unpaired) electrons.